The summed E-state index contributed by atoms with van der Waals surface area (Å²) in [4.78, 5) is 31.0. The van der Waals surface area contributed by atoms with Gasteiger partial charge in [0.1, 0.15) is 11.3 Å². The maximum Gasteiger partial charge on any atom is 0.336 e. The molecule has 1 fully saturated rings. The lowest BCUT2D eigenvalue weighted by atomic mass is 9.87. The zero-order valence-corrected chi connectivity index (χ0v) is 13.8. The van der Waals surface area contributed by atoms with Crippen LogP contribution in [0.1, 0.15) is 53.3 Å². The minimum Gasteiger partial charge on any atom is -0.478 e. The molecule has 1 aromatic carbocycles. The number of aromatic carboxylic acids is 1. The number of H-pyrrole nitrogens is 1. The fraction of sp³-hybridized carbons (Fsp3) is 0.389. The summed E-state index contributed by atoms with van der Waals surface area (Å²) < 4.78 is 1.84. The quantitative estimate of drug-likeness (QED) is 0.662. The molecule has 0 aliphatic heterocycles. The van der Waals surface area contributed by atoms with Crippen LogP contribution in [0.4, 0.5) is 0 Å². The van der Waals surface area contributed by atoms with Gasteiger partial charge in [0.25, 0.3) is 5.56 Å². The molecule has 1 aliphatic rings. The monoisotopic (exact) mass is 341 g/mol. The highest BCUT2D eigenvalue weighted by atomic mass is 16.4. The van der Waals surface area contributed by atoms with Crippen molar-refractivity contribution in [3.05, 3.63) is 45.6 Å². The number of rotatable bonds is 2. The van der Waals surface area contributed by atoms with E-state index in [1.54, 1.807) is 19.2 Å². The van der Waals surface area contributed by atoms with Crippen LogP contribution in [-0.4, -0.2) is 36.7 Å². The number of aromatic nitrogens is 3. The van der Waals surface area contributed by atoms with Crippen LogP contribution in [0.5, 0.6) is 0 Å². The van der Waals surface area contributed by atoms with Gasteiger partial charge in [0, 0.05) is 5.92 Å². The molecule has 1 saturated carbocycles. The van der Waals surface area contributed by atoms with Crippen molar-refractivity contribution in [1.82, 2.24) is 14.4 Å². The van der Waals surface area contributed by atoms with Gasteiger partial charge >= 0.3 is 5.97 Å². The van der Waals surface area contributed by atoms with Gasteiger partial charge < -0.3 is 15.2 Å². The summed E-state index contributed by atoms with van der Waals surface area (Å²) in [7, 11) is 0. The molecule has 25 heavy (non-hydrogen) atoms. The number of nitrogens with one attached hydrogen (secondary N) is 1. The van der Waals surface area contributed by atoms with Crippen LogP contribution >= 0.6 is 0 Å². The predicted octanol–water partition coefficient (Wildman–Crippen LogP) is 2.20. The molecule has 3 N–H and O–H groups in total. The molecule has 7 heteroatoms. The van der Waals surface area contributed by atoms with E-state index < -0.39 is 5.97 Å². The Hall–Kier alpha value is -2.67. The van der Waals surface area contributed by atoms with Gasteiger partial charge in [-0.25, -0.2) is 9.78 Å². The third-order valence-corrected chi connectivity index (χ3v) is 5.15. The summed E-state index contributed by atoms with van der Waals surface area (Å²) >= 11 is 0. The number of nitrogens with zero attached hydrogens (tertiary/aromatic N) is 2. The van der Waals surface area contributed by atoms with E-state index in [4.69, 9.17) is 0 Å². The number of carboxylic acids is 1. The number of carboxylic acid groups (broad SMARTS) is 1. The molecular formula is C18H19N3O4. The molecule has 0 amide bonds. The molecule has 0 saturated heterocycles. The van der Waals surface area contributed by atoms with Crippen molar-refractivity contribution in [2.45, 2.75) is 44.6 Å². The van der Waals surface area contributed by atoms with Gasteiger partial charge in [0.2, 0.25) is 0 Å². The second-order valence-corrected chi connectivity index (χ2v) is 6.79. The molecule has 7 nitrogen and oxygen atoms in total. The van der Waals surface area contributed by atoms with Gasteiger partial charge in [0.15, 0.2) is 0 Å². The SMILES string of the molecule is Cc1cc2c(cc1C(=O)O)[nH]c(=O)c1cnc([C@H]3CC[C@H](O)CC3)n12. The molecule has 0 unspecified atom stereocenters. The number of carbonyl (C=O) groups is 1. The maximum atomic E-state index is 12.4. The predicted molar refractivity (Wildman–Crippen MR) is 92.2 cm³/mol. The van der Waals surface area contributed by atoms with Crippen LogP contribution in [0.25, 0.3) is 16.6 Å². The van der Waals surface area contributed by atoms with Gasteiger partial charge in [-0.3, -0.25) is 9.20 Å². The Morgan fingerprint density at radius 1 is 1.24 bits per heavy atom. The minimum absolute atomic E-state index is 0.171. The van der Waals surface area contributed by atoms with Gasteiger partial charge in [-0.1, -0.05) is 0 Å². The number of benzene rings is 1. The summed E-state index contributed by atoms with van der Waals surface area (Å²) in [6, 6.07) is 3.28. The van der Waals surface area contributed by atoms with Crippen molar-refractivity contribution >= 4 is 22.5 Å². The van der Waals surface area contributed by atoms with E-state index in [-0.39, 0.29) is 23.1 Å². The van der Waals surface area contributed by atoms with Gasteiger partial charge in [-0.15, -0.1) is 0 Å². The number of aliphatic hydroxyl groups excluding tert-OH is 1. The number of aryl methyl sites for hydroxylation is 1. The van der Waals surface area contributed by atoms with E-state index in [0.717, 1.165) is 37.0 Å². The van der Waals surface area contributed by atoms with Crippen molar-refractivity contribution in [2.75, 3.05) is 0 Å². The first-order valence-corrected chi connectivity index (χ1v) is 8.41. The third-order valence-electron chi connectivity index (χ3n) is 5.15. The molecule has 3 aromatic rings. The summed E-state index contributed by atoms with van der Waals surface area (Å²) in [5.41, 5.74) is 2.20. The van der Waals surface area contributed by atoms with Crippen molar-refractivity contribution in [2.24, 2.45) is 0 Å². The fourth-order valence-corrected chi connectivity index (χ4v) is 3.80. The Morgan fingerprint density at radius 2 is 1.96 bits per heavy atom. The maximum absolute atomic E-state index is 12.4. The highest BCUT2D eigenvalue weighted by Gasteiger charge is 2.25. The van der Waals surface area contributed by atoms with Crippen LogP contribution in [0.2, 0.25) is 0 Å². The molecule has 2 aromatic heterocycles. The lowest BCUT2D eigenvalue weighted by Gasteiger charge is -2.24. The van der Waals surface area contributed by atoms with Crippen molar-refractivity contribution in [1.29, 1.82) is 0 Å². The van der Waals surface area contributed by atoms with E-state index in [9.17, 15) is 19.8 Å². The second kappa shape index (κ2) is 5.70. The van der Waals surface area contributed by atoms with Crippen molar-refractivity contribution in [3.8, 4) is 0 Å². The third kappa shape index (κ3) is 2.51. The molecule has 1 aliphatic carbocycles. The second-order valence-electron chi connectivity index (χ2n) is 6.79. The first-order chi connectivity index (χ1) is 12.0. The summed E-state index contributed by atoms with van der Waals surface area (Å²) in [6.07, 6.45) is 4.40. The van der Waals surface area contributed by atoms with Gasteiger partial charge in [-0.05, 0) is 50.3 Å². The van der Waals surface area contributed by atoms with Crippen molar-refractivity contribution < 1.29 is 15.0 Å². The normalized spacial score (nSPS) is 21.0. The lowest BCUT2D eigenvalue weighted by molar-refractivity contribution is 0.0696. The summed E-state index contributed by atoms with van der Waals surface area (Å²) in [5, 5.41) is 19.1. The Balaban J connectivity index is 1.98. The van der Waals surface area contributed by atoms with Crippen LogP contribution in [-0.2, 0) is 0 Å². The molecular weight excluding hydrogens is 322 g/mol. The number of hydrogen-bond donors (Lipinski definition) is 3. The Morgan fingerprint density at radius 3 is 2.64 bits per heavy atom. The van der Waals surface area contributed by atoms with Gasteiger partial charge in [0.05, 0.1) is 28.9 Å². The molecule has 2 heterocycles. The minimum atomic E-state index is -1.02. The first kappa shape index (κ1) is 15.8. The molecule has 0 atom stereocenters. The number of fused-ring (bicyclic) bond motifs is 3. The topological polar surface area (TPSA) is 108 Å². The van der Waals surface area contributed by atoms with Crippen LogP contribution < -0.4 is 5.56 Å². The van der Waals surface area contributed by atoms with Crippen LogP contribution in [0, 0.1) is 6.92 Å². The standard InChI is InChI=1S/C18H19N3O4/c1-9-6-14-13(7-12(9)18(24)25)20-17(23)15-8-19-16(21(14)15)10-2-4-11(22)5-3-10/h6-8,10-11,22H,2-5H2,1H3,(H,20,23)(H,24,25)/t10-,11-. The van der Waals surface area contributed by atoms with E-state index in [1.807, 2.05) is 4.40 Å². The van der Waals surface area contributed by atoms with E-state index in [1.165, 1.54) is 6.07 Å². The Labute approximate surface area is 142 Å². The van der Waals surface area contributed by atoms with E-state index >= 15 is 0 Å². The zero-order chi connectivity index (χ0) is 17.7. The highest BCUT2D eigenvalue weighted by Crippen LogP contribution is 2.33. The van der Waals surface area contributed by atoms with E-state index in [2.05, 4.69) is 9.97 Å². The average molecular weight is 341 g/mol. The largest absolute Gasteiger partial charge is 0.478 e. The average Bonchev–Trinajstić information content (AvgIpc) is 3.01. The highest BCUT2D eigenvalue weighted by molar-refractivity contribution is 5.94. The number of imidazole rings is 1. The molecule has 4 rings (SSSR count). The van der Waals surface area contributed by atoms with Gasteiger partial charge in [-0.2, -0.15) is 0 Å². The zero-order valence-electron chi connectivity index (χ0n) is 13.8. The fourth-order valence-electron chi connectivity index (χ4n) is 3.80. The number of aromatic amines is 1. The van der Waals surface area contributed by atoms with Crippen molar-refractivity contribution in [3.63, 3.8) is 0 Å². The molecule has 130 valence electrons. The Kier molecular flexibility index (Phi) is 3.61. The molecule has 0 radical (unpaired) electrons. The van der Waals surface area contributed by atoms with Crippen LogP contribution in [0.15, 0.2) is 23.1 Å². The lowest BCUT2D eigenvalue weighted by Crippen LogP contribution is -2.19. The van der Waals surface area contributed by atoms with Crippen LogP contribution in [0.3, 0.4) is 0 Å². The number of aliphatic hydroxyl groups is 1. The summed E-state index contributed by atoms with van der Waals surface area (Å²) in [5.74, 6) is -0.0386. The Bertz CT molecular complexity index is 1040. The van der Waals surface area contributed by atoms with E-state index in [0.29, 0.717) is 16.6 Å². The first-order valence-electron chi connectivity index (χ1n) is 8.41. The molecule has 0 bridgehead atoms. The molecule has 0 spiro atoms. The smallest absolute Gasteiger partial charge is 0.336 e. The summed E-state index contributed by atoms with van der Waals surface area (Å²) in [6.45, 7) is 1.74. The number of hydrogen-bond acceptors (Lipinski definition) is 4.